The first-order chi connectivity index (χ1) is 14.3. The van der Waals surface area contributed by atoms with E-state index in [1.807, 2.05) is 23.1 Å². The average molecular weight is 391 g/mol. The second-order valence-electron chi connectivity index (χ2n) is 7.77. The molecule has 2 saturated heterocycles. The highest BCUT2D eigenvalue weighted by atomic mass is 16.2. The number of benzene rings is 2. The predicted octanol–water partition coefficient (Wildman–Crippen LogP) is 4.15. The number of rotatable bonds is 5. The minimum Gasteiger partial charge on any atom is -0.372 e. The summed E-state index contributed by atoms with van der Waals surface area (Å²) in [4.78, 5) is 19.3. The number of piperazine rings is 1. The Morgan fingerprint density at radius 3 is 2.24 bits per heavy atom. The Kier molecular flexibility index (Phi) is 6.47. The summed E-state index contributed by atoms with van der Waals surface area (Å²) in [6, 6.07) is 18.6. The molecule has 0 spiro atoms. The number of hydrogen-bond acceptors (Lipinski definition) is 3. The van der Waals surface area contributed by atoms with Crippen LogP contribution in [0.25, 0.3) is 6.08 Å². The summed E-state index contributed by atoms with van der Waals surface area (Å²) in [5.74, 6) is 0. The molecule has 2 aliphatic rings. The van der Waals surface area contributed by atoms with Crippen molar-refractivity contribution in [1.29, 1.82) is 0 Å². The number of carbonyl (C=O) groups is 1. The van der Waals surface area contributed by atoms with E-state index < -0.39 is 0 Å². The molecule has 4 rings (SSSR count). The van der Waals surface area contributed by atoms with Gasteiger partial charge in [0.05, 0.1) is 0 Å². The Morgan fingerprint density at radius 1 is 0.862 bits per heavy atom. The van der Waals surface area contributed by atoms with E-state index >= 15 is 0 Å². The van der Waals surface area contributed by atoms with Crippen LogP contribution in [-0.2, 0) is 0 Å². The zero-order valence-corrected chi connectivity index (χ0v) is 17.0. The van der Waals surface area contributed by atoms with Crippen LogP contribution in [0.5, 0.6) is 0 Å². The molecule has 0 bridgehead atoms. The van der Waals surface area contributed by atoms with Crippen molar-refractivity contribution in [3.8, 4) is 0 Å². The molecule has 0 aromatic heterocycles. The van der Waals surface area contributed by atoms with Gasteiger partial charge in [-0.2, -0.15) is 0 Å². The molecule has 0 saturated carbocycles. The van der Waals surface area contributed by atoms with Gasteiger partial charge in [-0.1, -0.05) is 42.5 Å². The first-order valence-corrected chi connectivity index (χ1v) is 10.6. The van der Waals surface area contributed by atoms with Gasteiger partial charge in [0.25, 0.3) is 0 Å². The number of nitrogens with zero attached hydrogens (tertiary/aromatic N) is 3. The second-order valence-corrected chi connectivity index (χ2v) is 7.77. The van der Waals surface area contributed by atoms with Gasteiger partial charge in [0, 0.05) is 57.2 Å². The number of amides is 2. The highest BCUT2D eigenvalue weighted by Gasteiger charge is 2.20. The van der Waals surface area contributed by atoms with Gasteiger partial charge in [-0.05, 0) is 42.7 Å². The van der Waals surface area contributed by atoms with Crippen LogP contribution in [0.4, 0.5) is 16.2 Å². The van der Waals surface area contributed by atoms with Crippen LogP contribution in [0.2, 0.25) is 0 Å². The van der Waals surface area contributed by atoms with Crippen molar-refractivity contribution in [2.75, 3.05) is 56.0 Å². The molecule has 152 valence electrons. The Hall–Kier alpha value is -2.79. The number of carbonyl (C=O) groups excluding carboxylic acids is 1. The van der Waals surface area contributed by atoms with Crippen LogP contribution in [0.3, 0.4) is 0 Å². The van der Waals surface area contributed by atoms with E-state index in [0.717, 1.165) is 51.5 Å². The van der Waals surface area contributed by atoms with E-state index in [1.165, 1.54) is 24.1 Å². The predicted molar refractivity (Wildman–Crippen MR) is 120 cm³/mol. The summed E-state index contributed by atoms with van der Waals surface area (Å²) in [6.45, 7) is 6.52. The van der Waals surface area contributed by atoms with E-state index in [1.54, 1.807) is 0 Å². The monoisotopic (exact) mass is 390 g/mol. The lowest BCUT2D eigenvalue weighted by molar-refractivity contribution is 0.156. The van der Waals surface area contributed by atoms with Crippen molar-refractivity contribution in [1.82, 2.24) is 9.80 Å². The van der Waals surface area contributed by atoms with Crippen molar-refractivity contribution >= 4 is 23.5 Å². The Morgan fingerprint density at radius 2 is 1.55 bits per heavy atom. The fourth-order valence-electron chi connectivity index (χ4n) is 3.97. The van der Waals surface area contributed by atoms with Gasteiger partial charge in [0.15, 0.2) is 0 Å². The largest absolute Gasteiger partial charge is 0.372 e. The fraction of sp³-hybridized carbons (Fsp3) is 0.375. The van der Waals surface area contributed by atoms with Crippen LogP contribution < -0.4 is 10.2 Å². The molecule has 2 aromatic rings. The lowest BCUT2D eigenvalue weighted by Gasteiger charge is -2.34. The van der Waals surface area contributed by atoms with Gasteiger partial charge < -0.3 is 15.1 Å². The second kappa shape index (κ2) is 9.61. The molecule has 2 aliphatic heterocycles. The van der Waals surface area contributed by atoms with Crippen LogP contribution in [0, 0.1) is 0 Å². The van der Waals surface area contributed by atoms with Crippen LogP contribution in [0.1, 0.15) is 18.4 Å². The minimum atomic E-state index is -0.00148. The van der Waals surface area contributed by atoms with Gasteiger partial charge in [-0.25, -0.2) is 4.79 Å². The molecule has 2 fully saturated rings. The van der Waals surface area contributed by atoms with Crippen molar-refractivity contribution in [2.24, 2.45) is 0 Å². The van der Waals surface area contributed by atoms with Crippen molar-refractivity contribution in [2.45, 2.75) is 12.8 Å². The quantitative estimate of drug-likeness (QED) is 0.834. The highest BCUT2D eigenvalue weighted by Crippen LogP contribution is 2.22. The molecule has 5 nitrogen and oxygen atoms in total. The summed E-state index contributed by atoms with van der Waals surface area (Å²) in [6.07, 6.45) is 6.90. The Balaban J connectivity index is 1.21. The number of nitrogens with one attached hydrogen (secondary N) is 1. The highest BCUT2D eigenvalue weighted by molar-refractivity contribution is 5.89. The maximum absolute atomic E-state index is 12.6. The maximum atomic E-state index is 12.6. The summed E-state index contributed by atoms with van der Waals surface area (Å²) in [5.41, 5.74) is 3.34. The molecule has 2 heterocycles. The third-order valence-corrected chi connectivity index (χ3v) is 5.72. The minimum absolute atomic E-state index is 0.00148. The average Bonchev–Trinajstić information content (AvgIpc) is 3.30. The van der Waals surface area contributed by atoms with Crippen LogP contribution in [0.15, 0.2) is 60.7 Å². The van der Waals surface area contributed by atoms with Gasteiger partial charge in [-0.15, -0.1) is 0 Å². The van der Waals surface area contributed by atoms with Crippen LogP contribution >= 0.6 is 0 Å². The normalized spacial score (nSPS) is 17.8. The number of anilines is 2. The summed E-state index contributed by atoms with van der Waals surface area (Å²) >= 11 is 0. The first-order valence-electron chi connectivity index (χ1n) is 10.6. The molecular weight excluding hydrogens is 360 g/mol. The molecule has 1 N–H and O–H groups in total. The molecule has 0 unspecified atom stereocenters. The number of hydrogen-bond donors (Lipinski definition) is 1. The smallest absolute Gasteiger partial charge is 0.321 e. The molecule has 0 radical (unpaired) electrons. The molecular formula is C24H30N4O. The summed E-state index contributed by atoms with van der Waals surface area (Å²) in [5, 5.41) is 3.04. The molecule has 29 heavy (non-hydrogen) atoms. The number of urea groups is 1. The zero-order valence-electron chi connectivity index (χ0n) is 17.0. The van der Waals surface area contributed by atoms with E-state index in [9.17, 15) is 4.79 Å². The summed E-state index contributed by atoms with van der Waals surface area (Å²) < 4.78 is 0. The van der Waals surface area contributed by atoms with E-state index in [2.05, 4.69) is 63.7 Å². The van der Waals surface area contributed by atoms with Gasteiger partial charge >= 0.3 is 6.03 Å². The Labute approximate surface area is 173 Å². The topological polar surface area (TPSA) is 38.8 Å². The molecule has 0 aliphatic carbocycles. The standard InChI is InChI=1S/C24H30N4O/c29-24(25-22-10-12-23(13-11-22)27-15-4-5-16-27)28-19-17-26(18-20-28)14-6-9-21-7-2-1-3-8-21/h1-3,6-13H,4-5,14-20H2,(H,25,29)/b9-6+. The SMILES string of the molecule is O=C(Nc1ccc(N2CCCC2)cc1)N1CCN(C/C=C/c2ccccc2)CC1. The molecule has 2 aromatic carbocycles. The lowest BCUT2D eigenvalue weighted by atomic mass is 10.2. The maximum Gasteiger partial charge on any atom is 0.321 e. The third-order valence-electron chi connectivity index (χ3n) is 5.72. The molecule has 0 atom stereocenters. The van der Waals surface area contributed by atoms with Crippen molar-refractivity contribution in [3.05, 3.63) is 66.2 Å². The van der Waals surface area contributed by atoms with Gasteiger partial charge in [-0.3, -0.25) is 4.90 Å². The van der Waals surface area contributed by atoms with E-state index in [-0.39, 0.29) is 6.03 Å². The first kappa shape index (κ1) is 19.5. The zero-order chi connectivity index (χ0) is 19.9. The van der Waals surface area contributed by atoms with Crippen LogP contribution in [-0.4, -0.2) is 61.6 Å². The fourth-order valence-corrected chi connectivity index (χ4v) is 3.97. The van der Waals surface area contributed by atoms with Crippen molar-refractivity contribution in [3.63, 3.8) is 0 Å². The van der Waals surface area contributed by atoms with E-state index in [4.69, 9.17) is 0 Å². The lowest BCUT2D eigenvalue weighted by Crippen LogP contribution is -2.49. The van der Waals surface area contributed by atoms with Crippen molar-refractivity contribution < 1.29 is 4.79 Å². The van der Waals surface area contributed by atoms with Gasteiger partial charge in [0.1, 0.15) is 0 Å². The van der Waals surface area contributed by atoms with Gasteiger partial charge in [0.2, 0.25) is 0 Å². The molecule has 5 heteroatoms. The third kappa shape index (κ3) is 5.39. The molecule has 2 amide bonds. The summed E-state index contributed by atoms with van der Waals surface area (Å²) in [7, 11) is 0. The van der Waals surface area contributed by atoms with E-state index in [0.29, 0.717) is 0 Å². The Bertz CT molecular complexity index is 805.